The number of hydrogen-bond donors (Lipinski definition) is 0. The van der Waals surface area contributed by atoms with Crippen molar-refractivity contribution in [2.75, 3.05) is 20.0 Å². The van der Waals surface area contributed by atoms with Gasteiger partial charge in [0.25, 0.3) is 0 Å². The third-order valence-corrected chi connectivity index (χ3v) is 5.93. The van der Waals surface area contributed by atoms with Gasteiger partial charge in [-0.15, -0.1) is 10.2 Å². The number of nitrogens with zero attached hydrogens (tertiary/aromatic N) is 3. The Hall–Kier alpha value is -1.66. The Morgan fingerprint density at radius 1 is 1.19 bits per heavy atom. The van der Waals surface area contributed by atoms with Crippen LogP contribution in [0.1, 0.15) is 38.1 Å². The maximum atomic E-state index is 5.96. The molecule has 1 saturated carbocycles. The lowest BCUT2D eigenvalue weighted by atomic mass is 9.95. The molecule has 7 heteroatoms. The normalized spacial score (nSPS) is 15.0. The summed E-state index contributed by atoms with van der Waals surface area (Å²) in [4.78, 5) is 0. The summed E-state index contributed by atoms with van der Waals surface area (Å²) in [6.07, 6.45) is 6.06. The van der Waals surface area contributed by atoms with Gasteiger partial charge in [0, 0.05) is 22.4 Å². The SMILES string of the molecule is C=C(Cl)CSc1nnc(-c2ccc(OC)c(OC)c2)n1C1CCCCC1. The minimum Gasteiger partial charge on any atom is -0.493 e. The second-order valence-electron chi connectivity index (χ2n) is 6.34. The first-order chi connectivity index (χ1) is 12.6. The van der Waals surface area contributed by atoms with Crippen molar-refractivity contribution in [1.82, 2.24) is 14.8 Å². The minimum atomic E-state index is 0.410. The van der Waals surface area contributed by atoms with Crippen molar-refractivity contribution in [1.29, 1.82) is 0 Å². The molecule has 0 spiro atoms. The van der Waals surface area contributed by atoms with Crippen molar-refractivity contribution in [3.8, 4) is 22.9 Å². The van der Waals surface area contributed by atoms with Gasteiger partial charge >= 0.3 is 0 Å². The highest BCUT2D eigenvalue weighted by atomic mass is 35.5. The highest BCUT2D eigenvalue weighted by molar-refractivity contribution is 7.99. The lowest BCUT2D eigenvalue weighted by Gasteiger charge is -2.25. The summed E-state index contributed by atoms with van der Waals surface area (Å²) < 4.78 is 13.1. The largest absolute Gasteiger partial charge is 0.493 e. The van der Waals surface area contributed by atoms with E-state index in [-0.39, 0.29) is 0 Å². The maximum absolute atomic E-state index is 5.96. The molecule has 0 unspecified atom stereocenters. The molecule has 0 atom stereocenters. The zero-order valence-electron chi connectivity index (χ0n) is 15.2. The number of benzene rings is 1. The molecule has 3 rings (SSSR count). The van der Waals surface area contributed by atoms with Crippen LogP contribution < -0.4 is 9.47 Å². The van der Waals surface area contributed by atoms with Gasteiger partial charge in [0.1, 0.15) is 0 Å². The Bertz CT molecular complexity index is 772. The number of halogens is 1. The summed E-state index contributed by atoms with van der Waals surface area (Å²) in [7, 11) is 3.27. The van der Waals surface area contributed by atoms with Crippen LogP contribution >= 0.6 is 23.4 Å². The van der Waals surface area contributed by atoms with Gasteiger partial charge in [-0.1, -0.05) is 49.2 Å². The number of thioether (sulfide) groups is 1. The number of ether oxygens (including phenoxy) is 2. The number of hydrogen-bond acceptors (Lipinski definition) is 5. The molecule has 140 valence electrons. The van der Waals surface area contributed by atoms with Crippen LogP contribution in [0.4, 0.5) is 0 Å². The van der Waals surface area contributed by atoms with Crippen LogP contribution in [0.15, 0.2) is 35.0 Å². The third-order valence-electron chi connectivity index (χ3n) is 4.60. The minimum absolute atomic E-state index is 0.410. The smallest absolute Gasteiger partial charge is 0.192 e. The monoisotopic (exact) mass is 393 g/mol. The fraction of sp³-hybridized carbons (Fsp3) is 0.474. The molecule has 0 N–H and O–H groups in total. The first-order valence-electron chi connectivity index (χ1n) is 8.77. The van der Waals surface area contributed by atoms with E-state index in [2.05, 4.69) is 21.3 Å². The van der Waals surface area contributed by atoms with E-state index < -0.39 is 0 Å². The Labute approximate surface area is 163 Å². The predicted octanol–water partition coefficient (Wildman–Crippen LogP) is 5.31. The Morgan fingerprint density at radius 2 is 1.92 bits per heavy atom. The summed E-state index contributed by atoms with van der Waals surface area (Å²) in [6.45, 7) is 3.78. The first kappa shape index (κ1) is 19.1. The Balaban J connectivity index is 2.01. The van der Waals surface area contributed by atoms with E-state index >= 15 is 0 Å². The summed E-state index contributed by atoms with van der Waals surface area (Å²) >= 11 is 7.54. The molecule has 2 aromatic rings. The quantitative estimate of drug-likeness (QED) is 0.596. The van der Waals surface area contributed by atoms with E-state index in [4.69, 9.17) is 21.1 Å². The fourth-order valence-electron chi connectivity index (χ4n) is 3.36. The zero-order valence-corrected chi connectivity index (χ0v) is 16.8. The van der Waals surface area contributed by atoms with Crippen molar-refractivity contribution in [3.63, 3.8) is 0 Å². The molecule has 0 saturated heterocycles. The molecule has 26 heavy (non-hydrogen) atoms. The van der Waals surface area contributed by atoms with E-state index in [0.29, 0.717) is 28.3 Å². The van der Waals surface area contributed by atoms with Crippen LogP contribution in [0, 0.1) is 0 Å². The molecule has 0 aliphatic heterocycles. The predicted molar refractivity (Wildman–Crippen MR) is 106 cm³/mol. The van der Waals surface area contributed by atoms with Crippen molar-refractivity contribution >= 4 is 23.4 Å². The molecule has 0 bridgehead atoms. The van der Waals surface area contributed by atoms with Crippen LogP contribution in [0.2, 0.25) is 0 Å². The van der Waals surface area contributed by atoms with E-state index in [1.807, 2.05) is 18.2 Å². The third kappa shape index (κ3) is 4.18. The zero-order chi connectivity index (χ0) is 18.5. The van der Waals surface area contributed by atoms with E-state index in [1.54, 1.807) is 26.0 Å². The number of rotatable bonds is 7. The lowest BCUT2D eigenvalue weighted by Crippen LogP contribution is -2.15. The van der Waals surface area contributed by atoms with Gasteiger partial charge in [0.15, 0.2) is 22.5 Å². The standard InChI is InChI=1S/C19H24ClN3O2S/c1-13(20)12-26-19-22-21-18(23(19)15-7-5-4-6-8-15)14-9-10-16(24-2)17(11-14)25-3/h9-11,15H,1,4-8,12H2,2-3H3. The fourth-order valence-corrected chi connectivity index (χ4v) is 4.28. The Morgan fingerprint density at radius 3 is 2.58 bits per heavy atom. The molecule has 0 amide bonds. The molecule has 1 aromatic heterocycles. The summed E-state index contributed by atoms with van der Waals surface area (Å²) in [5, 5.41) is 10.4. The van der Waals surface area contributed by atoms with E-state index in [9.17, 15) is 0 Å². The van der Waals surface area contributed by atoms with Crippen molar-refractivity contribution in [3.05, 3.63) is 29.8 Å². The van der Waals surface area contributed by atoms with Crippen LogP contribution in [-0.2, 0) is 0 Å². The topological polar surface area (TPSA) is 49.2 Å². The maximum Gasteiger partial charge on any atom is 0.192 e. The molecular weight excluding hydrogens is 370 g/mol. The Kier molecular flexibility index (Phi) is 6.48. The van der Waals surface area contributed by atoms with Crippen molar-refractivity contribution in [2.24, 2.45) is 0 Å². The van der Waals surface area contributed by atoms with Gasteiger partial charge in [-0.05, 0) is 31.0 Å². The first-order valence-corrected chi connectivity index (χ1v) is 10.1. The van der Waals surface area contributed by atoms with Gasteiger partial charge in [0.2, 0.25) is 0 Å². The summed E-state index contributed by atoms with van der Waals surface area (Å²) in [6, 6.07) is 6.27. The molecule has 1 heterocycles. The van der Waals surface area contributed by atoms with Crippen molar-refractivity contribution < 1.29 is 9.47 Å². The van der Waals surface area contributed by atoms with Gasteiger partial charge in [-0.3, -0.25) is 4.57 Å². The van der Waals surface area contributed by atoms with E-state index in [1.165, 1.54) is 19.3 Å². The van der Waals surface area contributed by atoms with Crippen molar-refractivity contribution in [2.45, 2.75) is 43.3 Å². The highest BCUT2D eigenvalue weighted by Gasteiger charge is 2.24. The van der Waals surface area contributed by atoms with Gasteiger partial charge in [-0.25, -0.2) is 0 Å². The molecule has 0 radical (unpaired) electrons. The average molecular weight is 394 g/mol. The van der Waals surface area contributed by atoms with Gasteiger partial charge in [-0.2, -0.15) is 0 Å². The molecular formula is C19H24ClN3O2S. The molecule has 1 fully saturated rings. The number of methoxy groups -OCH3 is 2. The summed E-state index contributed by atoms with van der Waals surface area (Å²) in [5.74, 6) is 2.87. The van der Waals surface area contributed by atoms with Gasteiger partial charge < -0.3 is 9.47 Å². The summed E-state index contributed by atoms with van der Waals surface area (Å²) in [5.41, 5.74) is 0.970. The number of aromatic nitrogens is 3. The molecule has 1 aliphatic rings. The van der Waals surface area contributed by atoms with Crippen LogP contribution in [-0.4, -0.2) is 34.7 Å². The molecule has 1 aliphatic carbocycles. The molecule has 1 aromatic carbocycles. The second-order valence-corrected chi connectivity index (χ2v) is 7.82. The van der Waals surface area contributed by atoms with Crippen LogP contribution in [0.5, 0.6) is 11.5 Å². The van der Waals surface area contributed by atoms with E-state index in [0.717, 1.165) is 29.4 Å². The van der Waals surface area contributed by atoms with Crippen LogP contribution in [0.3, 0.4) is 0 Å². The second kappa shape index (κ2) is 8.82. The molecule has 5 nitrogen and oxygen atoms in total. The highest BCUT2D eigenvalue weighted by Crippen LogP contribution is 2.38. The van der Waals surface area contributed by atoms with Crippen LogP contribution in [0.25, 0.3) is 11.4 Å². The lowest BCUT2D eigenvalue weighted by molar-refractivity contribution is 0.339. The average Bonchev–Trinajstić information content (AvgIpc) is 3.10. The van der Waals surface area contributed by atoms with Gasteiger partial charge in [0.05, 0.1) is 14.2 Å².